The number of halogens is 2. The van der Waals surface area contributed by atoms with Crippen molar-refractivity contribution in [3.8, 4) is 0 Å². The summed E-state index contributed by atoms with van der Waals surface area (Å²) in [6.07, 6.45) is 6.26. The molecule has 0 aromatic carbocycles. The number of rotatable bonds is 3. The zero-order valence-corrected chi connectivity index (χ0v) is 11.4. The van der Waals surface area contributed by atoms with E-state index >= 15 is 0 Å². The van der Waals surface area contributed by atoms with Gasteiger partial charge in [-0.25, -0.2) is 4.39 Å². The van der Waals surface area contributed by atoms with E-state index in [2.05, 4.69) is 25.9 Å². The van der Waals surface area contributed by atoms with Crippen molar-refractivity contribution in [1.82, 2.24) is 9.97 Å². The number of aliphatic hydroxyl groups is 1. The summed E-state index contributed by atoms with van der Waals surface area (Å²) in [6.45, 7) is 1.63. The molecule has 0 radical (unpaired) electrons. The Balaban J connectivity index is 2.26. The number of hydrogen-bond donors (Lipinski definition) is 1. The molecule has 0 fully saturated rings. The highest BCUT2D eigenvalue weighted by Crippen LogP contribution is 2.25. The van der Waals surface area contributed by atoms with Gasteiger partial charge in [-0.1, -0.05) is 0 Å². The van der Waals surface area contributed by atoms with Crippen LogP contribution in [0.4, 0.5) is 4.39 Å². The van der Waals surface area contributed by atoms with Crippen LogP contribution in [0.15, 0.2) is 41.4 Å². The van der Waals surface area contributed by atoms with Crippen molar-refractivity contribution in [2.45, 2.75) is 18.9 Å². The van der Waals surface area contributed by atoms with Crippen LogP contribution in [0.25, 0.3) is 0 Å². The number of aromatic nitrogens is 2. The van der Waals surface area contributed by atoms with Crippen LogP contribution in [0.1, 0.15) is 18.1 Å². The first kappa shape index (κ1) is 13.1. The smallest absolute Gasteiger partial charge is 0.141 e. The molecule has 0 bridgehead atoms. The molecular formula is C13H12BrFN2O. The maximum Gasteiger partial charge on any atom is 0.141 e. The predicted octanol–water partition coefficient (Wildman–Crippen LogP) is 2.83. The van der Waals surface area contributed by atoms with Gasteiger partial charge in [0, 0.05) is 35.0 Å². The van der Waals surface area contributed by atoms with E-state index in [1.807, 2.05) is 6.07 Å². The molecule has 2 aromatic rings. The average molecular weight is 311 g/mol. The summed E-state index contributed by atoms with van der Waals surface area (Å²) in [5.74, 6) is -0.458. The first-order chi connectivity index (χ1) is 8.47. The summed E-state index contributed by atoms with van der Waals surface area (Å²) in [4.78, 5) is 7.78. The second-order valence-corrected chi connectivity index (χ2v) is 5.27. The van der Waals surface area contributed by atoms with Crippen LogP contribution >= 0.6 is 15.9 Å². The van der Waals surface area contributed by atoms with Crippen LogP contribution in [0.2, 0.25) is 0 Å². The zero-order valence-electron chi connectivity index (χ0n) is 9.77. The van der Waals surface area contributed by atoms with E-state index in [0.29, 0.717) is 12.0 Å². The molecule has 1 atom stereocenters. The van der Waals surface area contributed by atoms with Gasteiger partial charge < -0.3 is 5.11 Å². The summed E-state index contributed by atoms with van der Waals surface area (Å²) in [7, 11) is 0. The Morgan fingerprint density at radius 3 is 2.61 bits per heavy atom. The van der Waals surface area contributed by atoms with Gasteiger partial charge in [-0.2, -0.15) is 0 Å². The minimum atomic E-state index is -1.18. The van der Waals surface area contributed by atoms with Crippen LogP contribution in [0.3, 0.4) is 0 Å². The van der Waals surface area contributed by atoms with Gasteiger partial charge in [0.25, 0.3) is 0 Å². The fraction of sp³-hybridized carbons (Fsp3) is 0.231. The van der Waals surface area contributed by atoms with Crippen molar-refractivity contribution in [3.63, 3.8) is 0 Å². The van der Waals surface area contributed by atoms with Gasteiger partial charge in [-0.3, -0.25) is 9.97 Å². The Hall–Kier alpha value is -1.33. The van der Waals surface area contributed by atoms with E-state index in [-0.39, 0.29) is 0 Å². The van der Waals surface area contributed by atoms with Crippen LogP contribution in [0.5, 0.6) is 0 Å². The highest BCUT2D eigenvalue weighted by atomic mass is 79.9. The fourth-order valence-electron chi connectivity index (χ4n) is 1.76. The number of hydrogen-bond acceptors (Lipinski definition) is 3. The lowest BCUT2D eigenvalue weighted by atomic mass is 9.91. The van der Waals surface area contributed by atoms with Crippen LogP contribution in [0, 0.1) is 5.82 Å². The summed E-state index contributed by atoms with van der Waals surface area (Å²) < 4.78 is 13.9. The monoisotopic (exact) mass is 310 g/mol. The Kier molecular flexibility index (Phi) is 3.73. The molecule has 5 heteroatoms. The number of nitrogens with zero attached hydrogens (tertiary/aromatic N) is 2. The maximum atomic E-state index is 13.1. The van der Waals surface area contributed by atoms with Crippen molar-refractivity contribution < 1.29 is 9.50 Å². The van der Waals surface area contributed by atoms with Gasteiger partial charge in [0.15, 0.2) is 0 Å². The highest BCUT2D eigenvalue weighted by molar-refractivity contribution is 9.10. The minimum absolute atomic E-state index is 0.338. The molecule has 18 heavy (non-hydrogen) atoms. The van der Waals surface area contributed by atoms with E-state index in [1.165, 1.54) is 12.3 Å². The SMILES string of the molecule is CC(O)(Cc1cncc(Br)c1)c1cncc(F)c1. The topological polar surface area (TPSA) is 46.0 Å². The Morgan fingerprint density at radius 2 is 1.94 bits per heavy atom. The number of pyridine rings is 2. The normalized spacial score (nSPS) is 14.2. The molecule has 94 valence electrons. The van der Waals surface area contributed by atoms with E-state index in [4.69, 9.17) is 0 Å². The third-order valence-electron chi connectivity index (χ3n) is 2.64. The molecule has 0 aliphatic heterocycles. The van der Waals surface area contributed by atoms with E-state index in [9.17, 15) is 9.50 Å². The first-order valence-electron chi connectivity index (χ1n) is 5.40. The average Bonchev–Trinajstić information content (AvgIpc) is 2.28. The van der Waals surface area contributed by atoms with Gasteiger partial charge in [-0.15, -0.1) is 0 Å². The van der Waals surface area contributed by atoms with Gasteiger partial charge in [0.1, 0.15) is 5.82 Å². The van der Waals surface area contributed by atoms with Gasteiger partial charge in [0.05, 0.1) is 11.8 Å². The van der Waals surface area contributed by atoms with Crippen molar-refractivity contribution in [2.75, 3.05) is 0 Å². The van der Waals surface area contributed by atoms with Crippen molar-refractivity contribution in [1.29, 1.82) is 0 Å². The lowest BCUT2D eigenvalue weighted by Crippen LogP contribution is -2.24. The maximum absolute atomic E-state index is 13.1. The molecule has 2 heterocycles. The fourth-order valence-corrected chi connectivity index (χ4v) is 2.17. The van der Waals surface area contributed by atoms with E-state index in [1.54, 1.807) is 19.3 Å². The first-order valence-corrected chi connectivity index (χ1v) is 6.19. The van der Waals surface area contributed by atoms with Crippen molar-refractivity contribution in [2.24, 2.45) is 0 Å². The third-order valence-corrected chi connectivity index (χ3v) is 3.07. The lowest BCUT2D eigenvalue weighted by molar-refractivity contribution is 0.0568. The summed E-state index contributed by atoms with van der Waals surface area (Å²) >= 11 is 3.32. The Labute approximate surface area is 113 Å². The van der Waals surface area contributed by atoms with Gasteiger partial charge in [0.2, 0.25) is 0 Å². The molecule has 0 saturated carbocycles. The van der Waals surface area contributed by atoms with E-state index < -0.39 is 11.4 Å². The largest absolute Gasteiger partial charge is 0.385 e. The second kappa shape index (κ2) is 5.12. The molecule has 0 aliphatic carbocycles. The molecular weight excluding hydrogens is 299 g/mol. The van der Waals surface area contributed by atoms with Crippen molar-refractivity contribution >= 4 is 15.9 Å². The summed E-state index contributed by atoms with van der Waals surface area (Å²) in [6, 6.07) is 3.16. The molecule has 2 rings (SSSR count). The summed E-state index contributed by atoms with van der Waals surface area (Å²) in [5.41, 5.74) is 0.124. The summed E-state index contributed by atoms with van der Waals surface area (Å²) in [5, 5.41) is 10.4. The standard InChI is InChI=1S/C13H12BrFN2O/c1-13(18,10-3-12(15)8-17-6-10)4-9-2-11(14)7-16-5-9/h2-3,5-8,18H,4H2,1H3. The molecule has 2 aromatic heterocycles. The zero-order chi connectivity index (χ0) is 13.2. The van der Waals surface area contributed by atoms with Crippen LogP contribution < -0.4 is 0 Å². The van der Waals surface area contributed by atoms with Crippen LogP contribution in [-0.4, -0.2) is 15.1 Å². The molecule has 0 aliphatic rings. The lowest BCUT2D eigenvalue weighted by Gasteiger charge is -2.23. The minimum Gasteiger partial charge on any atom is -0.385 e. The molecule has 0 amide bonds. The molecule has 0 saturated heterocycles. The highest BCUT2D eigenvalue weighted by Gasteiger charge is 2.24. The molecule has 1 unspecified atom stereocenters. The Bertz CT molecular complexity index is 560. The second-order valence-electron chi connectivity index (χ2n) is 4.35. The van der Waals surface area contributed by atoms with Crippen molar-refractivity contribution in [3.05, 3.63) is 58.3 Å². The molecule has 1 N–H and O–H groups in total. The predicted molar refractivity (Wildman–Crippen MR) is 69.4 cm³/mol. The van der Waals surface area contributed by atoms with E-state index in [0.717, 1.165) is 16.2 Å². The molecule has 3 nitrogen and oxygen atoms in total. The third kappa shape index (κ3) is 3.11. The van der Waals surface area contributed by atoms with Gasteiger partial charge >= 0.3 is 0 Å². The Morgan fingerprint density at radius 1 is 1.22 bits per heavy atom. The van der Waals surface area contributed by atoms with Gasteiger partial charge in [-0.05, 0) is 40.5 Å². The quantitative estimate of drug-likeness (QED) is 0.948. The molecule has 0 spiro atoms. The van der Waals surface area contributed by atoms with Crippen LogP contribution in [-0.2, 0) is 12.0 Å².